The number of carbonyl (C=O) groups excluding carboxylic acids is 1. The number of aryl methyl sites for hydroxylation is 1. The standard InChI is InChI=1S/C17H19ClN2O/c1-2-13-3-7-16(8-4-13)20-17(21)11-12-19-15-9-5-14(18)6-10-15/h3-10,19H,2,11-12H2,1H3,(H,20,21). The van der Waals surface area contributed by atoms with Crippen molar-refractivity contribution in [2.24, 2.45) is 0 Å². The molecule has 0 spiro atoms. The fourth-order valence-corrected chi connectivity index (χ4v) is 2.06. The van der Waals surface area contributed by atoms with Crippen LogP contribution in [0.2, 0.25) is 5.02 Å². The number of halogens is 1. The number of nitrogens with one attached hydrogen (secondary N) is 2. The van der Waals surface area contributed by atoms with Gasteiger partial charge in [0.1, 0.15) is 0 Å². The number of hydrogen-bond donors (Lipinski definition) is 2. The Labute approximate surface area is 130 Å². The van der Waals surface area contributed by atoms with E-state index < -0.39 is 0 Å². The molecular weight excluding hydrogens is 284 g/mol. The number of anilines is 2. The fraction of sp³-hybridized carbons (Fsp3) is 0.235. The lowest BCUT2D eigenvalue weighted by atomic mass is 10.1. The van der Waals surface area contributed by atoms with Gasteiger partial charge >= 0.3 is 0 Å². The summed E-state index contributed by atoms with van der Waals surface area (Å²) in [5, 5.41) is 6.78. The number of amides is 1. The van der Waals surface area contributed by atoms with Gasteiger partial charge in [-0.05, 0) is 48.4 Å². The molecule has 2 aromatic rings. The van der Waals surface area contributed by atoms with Crippen LogP contribution in [0.5, 0.6) is 0 Å². The van der Waals surface area contributed by atoms with Crippen molar-refractivity contribution < 1.29 is 4.79 Å². The second-order valence-electron chi connectivity index (χ2n) is 4.78. The van der Waals surface area contributed by atoms with Crippen molar-refractivity contribution in [3.05, 3.63) is 59.1 Å². The second-order valence-corrected chi connectivity index (χ2v) is 5.22. The minimum absolute atomic E-state index is 0.000659. The number of rotatable bonds is 6. The summed E-state index contributed by atoms with van der Waals surface area (Å²) >= 11 is 5.82. The Balaban J connectivity index is 1.75. The van der Waals surface area contributed by atoms with Crippen LogP contribution >= 0.6 is 11.6 Å². The predicted molar refractivity (Wildman–Crippen MR) is 89.0 cm³/mol. The lowest BCUT2D eigenvalue weighted by molar-refractivity contribution is -0.115. The van der Waals surface area contributed by atoms with Crippen LogP contribution in [0.15, 0.2) is 48.5 Å². The molecule has 2 N–H and O–H groups in total. The maximum Gasteiger partial charge on any atom is 0.226 e. The summed E-state index contributed by atoms with van der Waals surface area (Å²) in [6, 6.07) is 15.3. The van der Waals surface area contributed by atoms with Crippen molar-refractivity contribution in [2.75, 3.05) is 17.2 Å². The molecule has 0 aromatic heterocycles. The van der Waals surface area contributed by atoms with Gasteiger partial charge in [0.05, 0.1) is 0 Å². The van der Waals surface area contributed by atoms with E-state index in [1.807, 2.05) is 48.5 Å². The third-order valence-corrected chi connectivity index (χ3v) is 3.42. The lowest BCUT2D eigenvalue weighted by Gasteiger charge is -2.08. The van der Waals surface area contributed by atoms with Crippen LogP contribution in [0.3, 0.4) is 0 Å². The van der Waals surface area contributed by atoms with E-state index >= 15 is 0 Å². The molecule has 0 fully saturated rings. The van der Waals surface area contributed by atoms with Crippen molar-refractivity contribution in [3.63, 3.8) is 0 Å². The Morgan fingerprint density at radius 2 is 1.62 bits per heavy atom. The van der Waals surface area contributed by atoms with Crippen LogP contribution in [0, 0.1) is 0 Å². The first kappa shape index (κ1) is 15.4. The minimum Gasteiger partial charge on any atom is -0.385 e. The molecule has 0 aliphatic heterocycles. The Hall–Kier alpha value is -2.00. The van der Waals surface area contributed by atoms with E-state index in [0.717, 1.165) is 17.8 Å². The zero-order chi connectivity index (χ0) is 15.1. The van der Waals surface area contributed by atoms with Gasteiger partial charge in [-0.3, -0.25) is 4.79 Å². The van der Waals surface area contributed by atoms with Crippen molar-refractivity contribution >= 4 is 28.9 Å². The number of benzene rings is 2. The van der Waals surface area contributed by atoms with Gasteiger partial charge in [0.25, 0.3) is 0 Å². The van der Waals surface area contributed by atoms with Gasteiger partial charge in [-0.25, -0.2) is 0 Å². The average molecular weight is 303 g/mol. The minimum atomic E-state index is 0.000659. The lowest BCUT2D eigenvalue weighted by Crippen LogP contribution is -2.16. The van der Waals surface area contributed by atoms with Crippen LogP contribution in [-0.4, -0.2) is 12.5 Å². The van der Waals surface area contributed by atoms with Crippen molar-refractivity contribution in [1.29, 1.82) is 0 Å². The highest BCUT2D eigenvalue weighted by molar-refractivity contribution is 6.30. The van der Waals surface area contributed by atoms with Crippen LogP contribution in [0.4, 0.5) is 11.4 Å². The summed E-state index contributed by atoms with van der Waals surface area (Å²) in [5.74, 6) is 0.000659. The zero-order valence-electron chi connectivity index (χ0n) is 12.0. The fourth-order valence-electron chi connectivity index (χ4n) is 1.94. The third kappa shape index (κ3) is 5.12. The molecule has 0 unspecified atom stereocenters. The third-order valence-electron chi connectivity index (χ3n) is 3.17. The van der Waals surface area contributed by atoms with E-state index in [1.165, 1.54) is 5.56 Å². The maximum absolute atomic E-state index is 11.8. The normalized spacial score (nSPS) is 10.2. The molecule has 2 aromatic carbocycles. The molecule has 0 aliphatic rings. The number of carbonyl (C=O) groups is 1. The van der Waals surface area contributed by atoms with E-state index in [-0.39, 0.29) is 5.91 Å². The summed E-state index contributed by atoms with van der Waals surface area (Å²) in [5.41, 5.74) is 3.06. The number of hydrogen-bond acceptors (Lipinski definition) is 2. The monoisotopic (exact) mass is 302 g/mol. The predicted octanol–water partition coefficient (Wildman–Crippen LogP) is 4.34. The van der Waals surface area contributed by atoms with Gasteiger partial charge in [0.15, 0.2) is 0 Å². The first-order valence-corrected chi connectivity index (χ1v) is 7.43. The molecular formula is C17H19ClN2O. The average Bonchev–Trinajstić information content (AvgIpc) is 2.50. The molecule has 2 rings (SSSR count). The molecule has 0 heterocycles. The molecule has 0 saturated carbocycles. The zero-order valence-corrected chi connectivity index (χ0v) is 12.8. The van der Waals surface area contributed by atoms with Crippen LogP contribution in [-0.2, 0) is 11.2 Å². The van der Waals surface area contributed by atoms with E-state index in [1.54, 1.807) is 0 Å². The van der Waals surface area contributed by atoms with E-state index in [0.29, 0.717) is 18.0 Å². The molecule has 4 heteroatoms. The molecule has 110 valence electrons. The van der Waals surface area contributed by atoms with Crippen LogP contribution in [0.1, 0.15) is 18.9 Å². The Morgan fingerprint density at radius 1 is 1.00 bits per heavy atom. The molecule has 21 heavy (non-hydrogen) atoms. The summed E-state index contributed by atoms with van der Waals surface area (Å²) in [7, 11) is 0. The Kier molecular flexibility index (Phi) is 5.64. The van der Waals surface area contributed by atoms with E-state index in [9.17, 15) is 4.79 Å². The second kappa shape index (κ2) is 7.70. The van der Waals surface area contributed by atoms with Crippen molar-refractivity contribution in [2.45, 2.75) is 19.8 Å². The first-order chi connectivity index (χ1) is 10.2. The molecule has 0 bridgehead atoms. The van der Waals surface area contributed by atoms with Gasteiger partial charge in [0, 0.05) is 29.4 Å². The van der Waals surface area contributed by atoms with Gasteiger partial charge in [-0.15, -0.1) is 0 Å². The summed E-state index contributed by atoms with van der Waals surface area (Å²) in [4.78, 5) is 11.8. The SMILES string of the molecule is CCc1ccc(NC(=O)CCNc2ccc(Cl)cc2)cc1. The smallest absolute Gasteiger partial charge is 0.226 e. The molecule has 1 amide bonds. The van der Waals surface area contributed by atoms with Gasteiger partial charge in [-0.1, -0.05) is 30.7 Å². The highest BCUT2D eigenvalue weighted by Gasteiger charge is 2.02. The van der Waals surface area contributed by atoms with Crippen LogP contribution in [0.25, 0.3) is 0 Å². The summed E-state index contributed by atoms with van der Waals surface area (Å²) < 4.78 is 0. The van der Waals surface area contributed by atoms with Gasteiger partial charge < -0.3 is 10.6 Å². The van der Waals surface area contributed by atoms with Gasteiger partial charge in [0.2, 0.25) is 5.91 Å². The van der Waals surface area contributed by atoms with Crippen LogP contribution < -0.4 is 10.6 Å². The molecule has 3 nitrogen and oxygen atoms in total. The largest absolute Gasteiger partial charge is 0.385 e. The van der Waals surface area contributed by atoms with E-state index in [4.69, 9.17) is 11.6 Å². The molecule has 0 aliphatic carbocycles. The molecule has 0 saturated heterocycles. The summed E-state index contributed by atoms with van der Waals surface area (Å²) in [6.45, 7) is 2.69. The summed E-state index contributed by atoms with van der Waals surface area (Å²) in [6.07, 6.45) is 1.41. The Bertz CT molecular complexity index is 579. The first-order valence-electron chi connectivity index (χ1n) is 7.05. The highest BCUT2D eigenvalue weighted by Crippen LogP contribution is 2.13. The quantitative estimate of drug-likeness (QED) is 0.833. The van der Waals surface area contributed by atoms with Crippen molar-refractivity contribution in [3.8, 4) is 0 Å². The van der Waals surface area contributed by atoms with Gasteiger partial charge in [-0.2, -0.15) is 0 Å². The molecule has 0 atom stereocenters. The maximum atomic E-state index is 11.8. The van der Waals surface area contributed by atoms with E-state index in [2.05, 4.69) is 17.6 Å². The molecule has 0 radical (unpaired) electrons. The topological polar surface area (TPSA) is 41.1 Å². The Morgan fingerprint density at radius 3 is 2.24 bits per heavy atom. The highest BCUT2D eigenvalue weighted by atomic mass is 35.5. The van der Waals surface area contributed by atoms with Crippen molar-refractivity contribution in [1.82, 2.24) is 0 Å².